The van der Waals surface area contributed by atoms with Gasteiger partial charge in [-0.25, -0.2) is 21.2 Å². The zero-order valence-corrected chi connectivity index (χ0v) is 12.6. The summed E-state index contributed by atoms with van der Waals surface area (Å²) in [4.78, 5) is -0.502. The van der Waals surface area contributed by atoms with E-state index in [9.17, 15) is 21.2 Å². The van der Waals surface area contributed by atoms with Gasteiger partial charge in [0.2, 0.25) is 0 Å². The lowest BCUT2D eigenvalue weighted by Gasteiger charge is -2.08. The number of rotatable bonds is 4. The van der Waals surface area contributed by atoms with Gasteiger partial charge in [0.15, 0.2) is 0 Å². The van der Waals surface area contributed by atoms with Gasteiger partial charge in [-0.3, -0.25) is 0 Å². The Kier molecular flexibility index (Phi) is 4.13. The summed E-state index contributed by atoms with van der Waals surface area (Å²) >= 11 is 0. The third-order valence-electron chi connectivity index (χ3n) is 2.67. The van der Waals surface area contributed by atoms with Crippen LogP contribution in [0, 0.1) is 12.7 Å². The maximum atomic E-state index is 12.8. The fraction of sp³-hybridized carbons (Fsp3) is 0.0769. The molecule has 0 heterocycles. The van der Waals surface area contributed by atoms with Gasteiger partial charge in [-0.2, -0.15) is 0 Å². The maximum Gasteiger partial charge on any atom is 0.253 e. The van der Waals surface area contributed by atoms with Gasteiger partial charge in [-0.05, 0) is 43.3 Å². The van der Waals surface area contributed by atoms with Crippen molar-refractivity contribution in [3.63, 3.8) is 0 Å². The van der Waals surface area contributed by atoms with Gasteiger partial charge in [0, 0.05) is 0 Å². The Hall–Kier alpha value is -1.77. The molecule has 0 aliphatic heterocycles. The number of aryl methyl sites for hydroxylation is 1. The number of halogens is 1. The average Bonchev–Trinajstić information content (AvgIpc) is 2.38. The summed E-state index contributed by atoms with van der Waals surface area (Å²) in [6.45, 7) is 1.78. The van der Waals surface area contributed by atoms with Crippen molar-refractivity contribution < 1.29 is 21.2 Å². The highest BCUT2D eigenvalue weighted by molar-refractivity contribution is 8.04. The summed E-state index contributed by atoms with van der Waals surface area (Å²) < 4.78 is 62.5. The molecule has 2 aromatic rings. The Morgan fingerprint density at radius 3 is 1.57 bits per heavy atom. The molecule has 0 aliphatic rings. The van der Waals surface area contributed by atoms with E-state index >= 15 is 0 Å². The minimum absolute atomic E-state index is 0.168. The van der Waals surface area contributed by atoms with Gasteiger partial charge in [0.1, 0.15) is 5.82 Å². The molecular weight excluding hydrogens is 317 g/mol. The summed E-state index contributed by atoms with van der Waals surface area (Å²) in [5.41, 5.74) is 0.843. The van der Waals surface area contributed by atoms with Crippen LogP contribution in [0.1, 0.15) is 5.56 Å². The normalized spacial score (nSPS) is 12.3. The smallest absolute Gasteiger partial charge is 0.207 e. The van der Waals surface area contributed by atoms with Gasteiger partial charge >= 0.3 is 0 Å². The van der Waals surface area contributed by atoms with E-state index in [1.54, 1.807) is 23.2 Å². The van der Waals surface area contributed by atoms with E-state index in [0.29, 0.717) is 0 Å². The molecule has 0 amide bonds. The summed E-state index contributed by atoms with van der Waals surface area (Å²) in [7, 11) is -8.52. The van der Waals surface area contributed by atoms with Crippen molar-refractivity contribution in [3.05, 3.63) is 59.9 Å². The first-order valence-corrected chi connectivity index (χ1v) is 8.78. The number of hydrogen-bond donors (Lipinski definition) is 1. The summed E-state index contributed by atoms with van der Waals surface area (Å²) in [6.07, 6.45) is 0. The molecule has 0 aromatic heterocycles. The van der Waals surface area contributed by atoms with Crippen LogP contribution in [0.2, 0.25) is 0 Å². The average molecular weight is 329 g/mol. The van der Waals surface area contributed by atoms with Crippen LogP contribution in [0.5, 0.6) is 0 Å². The highest BCUT2D eigenvalue weighted by atomic mass is 32.3. The Balaban J connectivity index is 2.35. The van der Waals surface area contributed by atoms with Crippen LogP contribution < -0.4 is 4.13 Å². The number of sulfonamides is 2. The molecule has 2 aromatic carbocycles. The molecule has 0 atom stereocenters. The predicted octanol–water partition coefficient (Wildman–Crippen LogP) is 1.80. The SMILES string of the molecule is Cc1ccc(S(=O)(=O)NS(=O)(=O)c2ccc(F)cc2)cc1. The van der Waals surface area contributed by atoms with Crippen LogP contribution in [0.25, 0.3) is 0 Å². The maximum absolute atomic E-state index is 12.8. The van der Waals surface area contributed by atoms with Crippen molar-refractivity contribution in [1.82, 2.24) is 4.13 Å². The summed E-state index contributed by atoms with van der Waals surface area (Å²) in [5, 5.41) is 0. The first-order valence-electron chi connectivity index (χ1n) is 5.81. The number of hydrogen-bond acceptors (Lipinski definition) is 4. The monoisotopic (exact) mass is 329 g/mol. The van der Waals surface area contributed by atoms with Gasteiger partial charge in [0.05, 0.1) is 9.79 Å². The standard InChI is InChI=1S/C13H12FNO4S2/c1-10-2-6-12(7-3-10)20(16,17)15-21(18,19)13-8-4-11(14)5-9-13/h2-9,15H,1H3. The molecule has 5 nitrogen and oxygen atoms in total. The molecule has 1 N–H and O–H groups in total. The predicted molar refractivity (Wildman–Crippen MR) is 75.1 cm³/mol. The number of benzene rings is 2. The van der Waals surface area contributed by atoms with Gasteiger partial charge in [-0.1, -0.05) is 17.7 Å². The topological polar surface area (TPSA) is 80.3 Å². The van der Waals surface area contributed by atoms with E-state index in [2.05, 4.69) is 0 Å². The lowest BCUT2D eigenvalue weighted by Crippen LogP contribution is -2.30. The van der Waals surface area contributed by atoms with Crippen LogP contribution in [0.3, 0.4) is 0 Å². The fourth-order valence-electron chi connectivity index (χ4n) is 1.57. The van der Waals surface area contributed by atoms with Crippen molar-refractivity contribution in [2.75, 3.05) is 0 Å². The van der Waals surface area contributed by atoms with Crippen molar-refractivity contribution in [2.45, 2.75) is 16.7 Å². The minimum Gasteiger partial charge on any atom is -0.207 e. The highest BCUT2D eigenvalue weighted by Gasteiger charge is 2.24. The molecule has 8 heteroatoms. The number of nitrogens with one attached hydrogen (secondary N) is 1. The van der Waals surface area contributed by atoms with E-state index < -0.39 is 25.9 Å². The molecule has 0 unspecified atom stereocenters. The summed E-state index contributed by atoms with van der Waals surface area (Å²) in [5.74, 6) is -0.615. The molecule has 0 fully saturated rings. The van der Waals surface area contributed by atoms with Gasteiger partial charge in [0.25, 0.3) is 20.0 Å². The van der Waals surface area contributed by atoms with Gasteiger partial charge in [-0.15, -0.1) is 4.13 Å². The van der Waals surface area contributed by atoms with Crippen molar-refractivity contribution in [2.24, 2.45) is 0 Å². The first kappa shape index (κ1) is 15.6. The van der Waals surface area contributed by atoms with Crippen LogP contribution in [0.15, 0.2) is 58.3 Å². The van der Waals surface area contributed by atoms with Crippen LogP contribution in [0.4, 0.5) is 4.39 Å². The van der Waals surface area contributed by atoms with Crippen LogP contribution >= 0.6 is 0 Å². The van der Waals surface area contributed by atoms with E-state index in [1.807, 2.05) is 0 Å². The second-order valence-corrected chi connectivity index (χ2v) is 7.98. The van der Waals surface area contributed by atoms with Crippen molar-refractivity contribution in [1.29, 1.82) is 0 Å². The molecule has 0 spiro atoms. The van der Waals surface area contributed by atoms with Crippen molar-refractivity contribution in [3.8, 4) is 0 Å². The third kappa shape index (κ3) is 3.66. The molecule has 21 heavy (non-hydrogen) atoms. The molecule has 112 valence electrons. The van der Waals surface area contributed by atoms with E-state index in [-0.39, 0.29) is 9.79 Å². The van der Waals surface area contributed by atoms with E-state index in [0.717, 1.165) is 29.8 Å². The molecule has 0 saturated heterocycles. The molecule has 0 aliphatic carbocycles. The molecule has 2 rings (SSSR count). The Labute approximate surface area is 122 Å². The first-order chi connectivity index (χ1) is 9.71. The van der Waals surface area contributed by atoms with Gasteiger partial charge < -0.3 is 0 Å². The largest absolute Gasteiger partial charge is 0.253 e. The lowest BCUT2D eigenvalue weighted by atomic mass is 10.2. The third-order valence-corrected chi connectivity index (χ3v) is 6.22. The molecule has 0 bridgehead atoms. The second kappa shape index (κ2) is 5.55. The highest BCUT2D eigenvalue weighted by Crippen LogP contribution is 2.15. The zero-order valence-electron chi connectivity index (χ0n) is 10.9. The Bertz CT molecular complexity index is 769. The Morgan fingerprint density at radius 1 is 0.762 bits per heavy atom. The quantitative estimate of drug-likeness (QED) is 0.927. The van der Waals surface area contributed by atoms with Crippen molar-refractivity contribution >= 4 is 20.0 Å². The Morgan fingerprint density at radius 2 is 1.14 bits per heavy atom. The molecular formula is C13H12FNO4S2. The minimum atomic E-state index is -4.30. The summed E-state index contributed by atoms with van der Waals surface area (Å²) in [6, 6.07) is 9.57. The molecule has 0 saturated carbocycles. The van der Waals surface area contributed by atoms with E-state index in [1.165, 1.54) is 12.1 Å². The lowest BCUT2D eigenvalue weighted by molar-refractivity contribution is 0.576. The van der Waals surface area contributed by atoms with E-state index in [4.69, 9.17) is 0 Å². The van der Waals surface area contributed by atoms with Crippen LogP contribution in [-0.2, 0) is 20.0 Å². The second-order valence-electron chi connectivity index (χ2n) is 4.36. The van der Waals surface area contributed by atoms with Crippen LogP contribution in [-0.4, -0.2) is 16.8 Å². The zero-order chi connectivity index (χ0) is 15.7. The fourth-order valence-corrected chi connectivity index (χ4v) is 4.49. The molecule has 0 radical (unpaired) electrons.